The zero-order valence-electron chi connectivity index (χ0n) is 6.67. The molecule has 5 heteroatoms. The average Bonchev–Trinajstić information content (AvgIpc) is 2.32. The van der Waals surface area contributed by atoms with Gasteiger partial charge in [-0.3, -0.25) is 4.79 Å². The van der Waals surface area contributed by atoms with Crippen LogP contribution in [0, 0.1) is 0 Å². The number of rotatable bonds is 0. The van der Waals surface area contributed by atoms with Gasteiger partial charge in [-0.25, -0.2) is 0 Å². The van der Waals surface area contributed by atoms with Gasteiger partial charge in [-0.1, -0.05) is 34.5 Å². The van der Waals surface area contributed by atoms with Crippen LogP contribution in [0.5, 0.6) is 0 Å². The molecule has 1 heterocycles. The van der Waals surface area contributed by atoms with Gasteiger partial charge < -0.3 is 4.57 Å². The monoisotopic (exact) mass is 233 g/mol. The summed E-state index contributed by atoms with van der Waals surface area (Å²) in [5.74, 6) is 0. The Morgan fingerprint density at radius 2 is 2.08 bits per heavy atom. The van der Waals surface area contributed by atoms with Crippen molar-refractivity contribution in [3.8, 4) is 0 Å². The van der Waals surface area contributed by atoms with Crippen molar-refractivity contribution in [3.63, 3.8) is 0 Å². The van der Waals surface area contributed by atoms with Gasteiger partial charge in [-0.05, 0) is 12.1 Å². The lowest BCUT2D eigenvalue weighted by Crippen LogP contribution is -2.06. The molecule has 0 fully saturated rings. The Balaban J connectivity index is 3.03. The van der Waals surface area contributed by atoms with E-state index >= 15 is 0 Å². The molecule has 0 saturated carbocycles. The molecule has 0 aliphatic heterocycles. The molecule has 0 N–H and O–H groups in total. The van der Waals surface area contributed by atoms with E-state index in [9.17, 15) is 4.79 Å². The molecule has 1 aromatic heterocycles. The first-order valence-corrected chi connectivity index (χ1v) is 5.11. The Morgan fingerprint density at radius 3 is 2.77 bits per heavy atom. The number of halogens is 2. The summed E-state index contributed by atoms with van der Waals surface area (Å²) in [6.07, 6.45) is 0. The first-order valence-electron chi connectivity index (χ1n) is 3.54. The minimum Gasteiger partial charge on any atom is -0.302 e. The summed E-state index contributed by atoms with van der Waals surface area (Å²) in [5.41, 5.74) is 0.785. The molecule has 2 aromatic rings. The molecule has 0 radical (unpaired) electrons. The van der Waals surface area contributed by atoms with Crippen LogP contribution in [-0.2, 0) is 7.05 Å². The first-order chi connectivity index (χ1) is 6.09. The average molecular weight is 234 g/mol. The van der Waals surface area contributed by atoms with Crippen LogP contribution in [0.1, 0.15) is 0 Å². The highest BCUT2D eigenvalue weighted by atomic mass is 35.5. The third-order valence-electron chi connectivity index (χ3n) is 1.81. The maximum Gasteiger partial charge on any atom is 0.307 e. The molecule has 0 bridgehead atoms. The fourth-order valence-electron chi connectivity index (χ4n) is 1.15. The van der Waals surface area contributed by atoms with Crippen LogP contribution in [0.3, 0.4) is 0 Å². The number of hydrogen-bond acceptors (Lipinski definition) is 2. The molecule has 13 heavy (non-hydrogen) atoms. The maximum absolute atomic E-state index is 11.3. The summed E-state index contributed by atoms with van der Waals surface area (Å²) in [7, 11) is 1.70. The van der Waals surface area contributed by atoms with Crippen LogP contribution in [0.15, 0.2) is 16.9 Å². The van der Waals surface area contributed by atoms with Gasteiger partial charge in [-0.2, -0.15) is 0 Å². The van der Waals surface area contributed by atoms with E-state index in [0.717, 1.165) is 21.6 Å². The number of thiazole rings is 1. The summed E-state index contributed by atoms with van der Waals surface area (Å²) in [4.78, 5) is 11.3. The van der Waals surface area contributed by atoms with Crippen molar-refractivity contribution in [2.45, 2.75) is 0 Å². The fourth-order valence-corrected chi connectivity index (χ4v) is 2.62. The molecule has 0 spiro atoms. The van der Waals surface area contributed by atoms with Gasteiger partial charge in [0.2, 0.25) is 0 Å². The van der Waals surface area contributed by atoms with Crippen LogP contribution in [0.25, 0.3) is 10.2 Å². The van der Waals surface area contributed by atoms with Crippen LogP contribution in [0.4, 0.5) is 0 Å². The highest BCUT2D eigenvalue weighted by molar-refractivity contribution is 7.17. The lowest BCUT2D eigenvalue weighted by Gasteiger charge is -1.96. The minimum absolute atomic E-state index is 0.0285. The van der Waals surface area contributed by atoms with Crippen molar-refractivity contribution < 1.29 is 0 Å². The second-order valence-electron chi connectivity index (χ2n) is 2.66. The second kappa shape index (κ2) is 3.01. The summed E-state index contributed by atoms with van der Waals surface area (Å²) in [5, 5.41) is 1.08. The molecule has 0 aliphatic carbocycles. The van der Waals surface area contributed by atoms with E-state index in [0.29, 0.717) is 10.0 Å². The number of hydrogen-bond donors (Lipinski definition) is 0. The van der Waals surface area contributed by atoms with Crippen molar-refractivity contribution >= 4 is 44.8 Å². The Labute approximate surface area is 88.3 Å². The lowest BCUT2D eigenvalue weighted by atomic mass is 10.3. The van der Waals surface area contributed by atoms with E-state index < -0.39 is 0 Å². The fraction of sp³-hybridized carbons (Fsp3) is 0.125. The molecule has 0 aliphatic rings. The van der Waals surface area contributed by atoms with Gasteiger partial charge in [0.1, 0.15) is 0 Å². The SMILES string of the molecule is Cn1c(=O)sc2c(Cl)cc(Cl)cc21. The first kappa shape index (κ1) is 9.06. The summed E-state index contributed by atoms with van der Waals surface area (Å²) >= 11 is 12.9. The maximum atomic E-state index is 11.3. The molecule has 1 aromatic carbocycles. The van der Waals surface area contributed by atoms with Crippen LogP contribution in [0.2, 0.25) is 10.0 Å². The number of aromatic nitrogens is 1. The normalized spacial score (nSPS) is 11.0. The van der Waals surface area contributed by atoms with E-state index in [1.165, 1.54) is 4.57 Å². The highest BCUT2D eigenvalue weighted by Gasteiger charge is 2.08. The van der Waals surface area contributed by atoms with Crippen LogP contribution >= 0.6 is 34.5 Å². The summed E-state index contributed by atoms with van der Waals surface area (Å²) < 4.78 is 2.33. The largest absolute Gasteiger partial charge is 0.307 e. The zero-order valence-corrected chi connectivity index (χ0v) is 9.00. The molecule has 0 unspecified atom stereocenters. The molecule has 2 rings (SSSR count). The Kier molecular flexibility index (Phi) is 2.10. The van der Waals surface area contributed by atoms with Crippen LogP contribution < -0.4 is 4.87 Å². The van der Waals surface area contributed by atoms with Crippen molar-refractivity contribution in [2.75, 3.05) is 0 Å². The highest BCUT2D eigenvalue weighted by Crippen LogP contribution is 2.29. The smallest absolute Gasteiger partial charge is 0.302 e. The summed E-state index contributed by atoms with van der Waals surface area (Å²) in [6.45, 7) is 0. The van der Waals surface area contributed by atoms with E-state index in [1.54, 1.807) is 19.2 Å². The van der Waals surface area contributed by atoms with Crippen molar-refractivity contribution in [3.05, 3.63) is 31.8 Å². The van der Waals surface area contributed by atoms with E-state index in [4.69, 9.17) is 23.2 Å². The quantitative estimate of drug-likeness (QED) is 0.686. The lowest BCUT2D eigenvalue weighted by molar-refractivity contribution is 0.939. The predicted molar refractivity (Wildman–Crippen MR) is 57.1 cm³/mol. The van der Waals surface area contributed by atoms with Gasteiger partial charge in [-0.15, -0.1) is 0 Å². The Morgan fingerprint density at radius 1 is 1.38 bits per heavy atom. The molecule has 0 saturated heterocycles. The molecule has 0 atom stereocenters. The predicted octanol–water partition coefficient (Wildman–Crippen LogP) is 2.91. The van der Waals surface area contributed by atoms with Gasteiger partial charge in [0.25, 0.3) is 0 Å². The number of fused-ring (bicyclic) bond motifs is 1. The van der Waals surface area contributed by atoms with Gasteiger partial charge in [0.15, 0.2) is 0 Å². The van der Waals surface area contributed by atoms with Gasteiger partial charge in [0.05, 0.1) is 15.2 Å². The molecular formula is C8H5Cl2NOS. The Hall–Kier alpha value is -0.510. The van der Waals surface area contributed by atoms with E-state index in [2.05, 4.69) is 0 Å². The van der Waals surface area contributed by atoms with Crippen molar-refractivity contribution in [2.24, 2.45) is 7.05 Å². The molecule has 0 amide bonds. The zero-order chi connectivity index (χ0) is 9.59. The Bertz CT molecular complexity index is 529. The minimum atomic E-state index is -0.0285. The number of nitrogens with zero attached hydrogens (tertiary/aromatic N) is 1. The van der Waals surface area contributed by atoms with Gasteiger partial charge in [0, 0.05) is 12.1 Å². The third-order valence-corrected chi connectivity index (χ3v) is 3.52. The third kappa shape index (κ3) is 1.37. The number of benzene rings is 1. The molecule has 68 valence electrons. The topological polar surface area (TPSA) is 22.0 Å². The standard InChI is InChI=1S/C8H5Cl2NOS/c1-11-6-3-4(9)2-5(10)7(6)13-8(11)12/h2-3H,1H3. The molecular weight excluding hydrogens is 229 g/mol. The van der Waals surface area contributed by atoms with Crippen molar-refractivity contribution in [1.29, 1.82) is 0 Å². The molecule has 2 nitrogen and oxygen atoms in total. The van der Waals surface area contributed by atoms with Crippen molar-refractivity contribution in [1.82, 2.24) is 4.57 Å². The number of aryl methyl sites for hydroxylation is 1. The van der Waals surface area contributed by atoms with E-state index in [1.807, 2.05) is 0 Å². The summed E-state index contributed by atoms with van der Waals surface area (Å²) in [6, 6.07) is 3.38. The van der Waals surface area contributed by atoms with Crippen LogP contribution in [-0.4, -0.2) is 4.57 Å². The van der Waals surface area contributed by atoms with E-state index in [-0.39, 0.29) is 4.87 Å². The van der Waals surface area contributed by atoms with Gasteiger partial charge >= 0.3 is 4.87 Å². The second-order valence-corrected chi connectivity index (χ2v) is 4.47.